The second-order valence-corrected chi connectivity index (χ2v) is 11.5. The van der Waals surface area contributed by atoms with Crippen LogP contribution < -0.4 is 9.80 Å². The number of nitrogens with zero attached hydrogens (tertiary/aromatic N) is 2. The molecule has 0 unspecified atom stereocenters. The van der Waals surface area contributed by atoms with Gasteiger partial charge in [-0.05, 0) is 100 Å². The summed E-state index contributed by atoms with van der Waals surface area (Å²) in [5, 5.41) is 0. The minimum absolute atomic E-state index is 0.918. The van der Waals surface area contributed by atoms with Gasteiger partial charge in [0.05, 0.1) is 0 Å². The molecule has 2 heteroatoms. The highest BCUT2D eigenvalue weighted by Crippen LogP contribution is 2.45. The Balaban J connectivity index is 1.13. The maximum absolute atomic E-state index is 2.39. The van der Waals surface area contributed by atoms with Crippen molar-refractivity contribution in [3.05, 3.63) is 193 Å². The average molecular weight is 577 g/mol. The van der Waals surface area contributed by atoms with Crippen molar-refractivity contribution in [2.45, 2.75) is 6.42 Å². The number of rotatable bonds is 6. The molecule has 0 radical (unpaired) electrons. The summed E-state index contributed by atoms with van der Waals surface area (Å²) in [6, 6.07) is 65.3. The van der Waals surface area contributed by atoms with Crippen LogP contribution in [-0.4, -0.2) is 0 Å². The van der Waals surface area contributed by atoms with Crippen molar-refractivity contribution in [2.75, 3.05) is 9.80 Å². The molecule has 8 rings (SSSR count). The first-order chi connectivity index (χ1) is 22.3. The lowest BCUT2D eigenvalue weighted by Gasteiger charge is -2.33. The third-order valence-corrected chi connectivity index (χ3v) is 8.65. The zero-order chi connectivity index (χ0) is 30.0. The fourth-order valence-corrected chi connectivity index (χ4v) is 6.45. The largest absolute Gasteiger partial charge is 0.311 e. The third kappa shape index (κ3) is 5.17. The Morgan fingerprint density at radius 3 is 1.49 bits per heavy atom. The zero-order valence-electron chi connectivity index (χ0n) is 24.9. The smallest absolute Gasteiger partial charge is 0.0497 e. The van der Waals surface area contributed by atoms with Crippen molar-refractivity contribution in [1.82, 2.24) is 0 Å². The van der Waals surface area contributed by atoms with E-state index >= 15 is 0 Å². The molecule has 0 saturated carbocycles. The van der Waals surface area contributed by atoms with Crippen molar-refractivity contribution < 1.29 is 0 Å². The number of para-hydroxylation sites is 3. The highest BCUT2D eigenvalue weighted by atomic mass is 15.2. The van der Waals surface area contributed by atoms with Gasteiger partial charge in [-0.1, -0.05) is 115 Å². The first kappa shape index (κ1) is 26.7. The van der Waals surface area contributed by atoms with E-state index in [1.807, 2.05) is 0 Å². The number of anilines is 6. The van der Waals surface area contributed by atoms with Crippen molar-refractivity contribution in [3.63, 3.8) is 0 Å². The predicted molar refractivity (Wildman–Crippen MR) is 189 cm³/mol. The van der Waals surface area contributed by atoms with Gasteiger partial charge in [0.25, 0.3) is 0 Å². The highest BCUT2D eigenvalue weighted by molar-refractivity contribution is 5.86. The zero-order valence-corrected chi connectivity index (χ0v) is 24.9. The van der Waals surface area contributed by atoms with Gasteiger partial charge in [-0.2, -0.15) is 0 Å². The Kier molecular flexibility index (Phi) is 6.94. The topological polar surface area (TPSA) is 6.48 Å². The molecular formula is C43H32N2. The molecule has 0 amide bonds. The van der Waals surface area contributed by atoms with Gasteiger partial charge in [-0.15, -0.1) is 0 Å². The van der Waals surface area contributed by atoms with Crippen molar-refractivity contribution >= 4 is 34.1 Å². The lowest BCUT2D eigenvalue weighted by molar-refractivity contribution is 1.09. The minimum atomic E-state index is 0.918. The van der Waals surface area contributed by atoms with E-state index in [1.54, 1.807) is 0 Å². The fraction of sp³-hybridized carbons (Fsp3) is 0.0233. The number of hydrogen-bond donors (Lipinski definition) is 0. The molecule has 0 spiro atoms. The van der Waals surface area contributed by atoms with Crippen LogP contribution in [0.15, 0.2) is 182 Å². The lowest BCUT2D eigenvalue weighted by Crippen LogP contribution is -2.18. The monoisotopic (exact) mass is 576 g/mol. The highest BCUT2D eigenvalue weighted by Gasteiger charge is 2.24. The van der Waals surface area contributed by atoms with Gasteiger partial charge >= 0.3 is 0 Å². The van der Waals surface area contributed by atoms with E-state index in [-0.39, 0.29) is 0 Å². The van der Waals surface area contributed by atoms with E-state index < -0.39 is 0 Å². The van der Waals surface area contributed by atoms with Crippen molar-refractivity contribution in [3.8, 4) is 22.3 Å². The minimum Gasteiger partial charge on any atom is -0.311 e. The van der Waals surface area contributed by atoms with Crippen LogP contribution >= 0.6 is 0 Å². The Morgan fingerprint density at radius 1 is 0.356 bits per heavy atom. The third-order valence-electron chi connectivity index (χ3n) is 8.65. The summed E-state index contributed by atoms with van der Waals surface area (Å²) in [7, 11) is 0. The molecular weight excluding hydrogens is 544 g/mol. The maximum atomic E-state index is 2.39. The van der Waals surface area contributed by atoms with Crippen LogP contribution in [0.5, 0.6) is 0 Å². The molecule has 1 aliphatic heterocycles. The molecule has 1 heterocycles. The molecule has 7 aromatic carbocycles. The predicted octanol–water partition coefficient (Wildman–Crippen LogP) is 11.9. The van der Waals surface area contributed by atoms with E-state index in [0.717, 1.165) is 23.5 Å². The molecule has 0 aromatic heterocycles. The molecule has 0 fully saturated rings. The first-order valence-corrected chi connectivity index (χ1v) is 15.5. The molecule has 0 N–H and O–H groups in total. The molecule has 1 aliphatic rings. The van der Waals surface area contributed by atoms with Crippen molar-refractivity contribution in [2.24, 2.45) is 0 Å². The Morgan fingerprint density at radius 2 is 0.822 bits per heavy atom. The summed E-state index contributed by atoms with van der Waals surface area (Å²) in [6.07, 6.45) is 0.918. The molecule has 0 saturated heterocycles. The fourth-order valence-electron chi connectivity index (χ4n) is 6.45. The van der Waals surface area contributed by atoms with Crippen LogP contribution in [0.25, 0.3) is 22.3 Å². The normalized spacial score (nSPS) is 11.9. The Hall–Kier alpha value is -5.86. The molecule has 0 bridgehead atoms. The molecule has 214 valence electrons. The lowest BCUT2D eigenvalue weighted by atomic mass is 9.92. The van der Waals surface area contributed by atoms with E-state index in [1.165, 1.54) is 50.4 Å². The Labute approximate surface area is 265 Å². The van der Waals surface area contributed by atoms with Crippen LogP contribution in [-0.2, 0) is 6.42 Å². The maximum Gasteiger partial charge on any atom is 0.0497 e. The van der Waals surface area contributed by atoms with E-state index in [4.69, 9.17) is 0 Å². The number of benzene rings is 7. The number of hydrogen-bond acceptors (Lipinski definition) is 2. The average Bonchev–Trinajstić information content (AvgIpc) is 3.12. The van der Waals surface area contributed by atoms with Gasteiger partial charge in [-0.3, -0.25) is 0 Å². The summed E-state index contributed by atoms with van der Waals surface area (Å²) in [5.41, 5.74) is 14.6. The molecule has 2 nitrogen and oxygen atoms in total. The Bertz CT molecular complexity index is 2050. The second-order valence-electron chi connectivity index (χ2n) is 11.5. The van der Waals surface area contributed by atoms with E-state index in [0.29, 0.717) is 0 Å². The molecule has 7 aromatic rings. The summed E-state index contributed by atoms with van der Waals surface area (Å²) in [5.74, 6) is 0. The van der Waals surface area contributed by atoms with Crippen LogP contribution in [0.3, 0.4) is 0 Å². The second kappa shape index (κ2) is 11.7. The van der Waals surface area contributed by atoms with Gasteiger partial charge in [0.15, 0.2) is 0 Å². The molecule has 0 aliphatic carbocycles. The first-order valence-electron chi connectivity index (χ1n) is 15.5. The van der Waals surface area contributed by atoms with E-state index in [9.17, 15) is 0 Å². The van der Waals surface area contributed by atoms with Gasteiger partial charge in [0, 0.05) is 40.5 Å². The summed E-state index contributed by atoms with van der Waals surface area (Å²) >= 11 is 0. The quantitative estimate of drug-likeness (QED) is 0.194. The van der Waals surface area contributed by atoms with E-state index in [2.05, 4.69) is 192 Å². The van der Waals surface area contributed by atoms with Crippen LogP contribution in [0.2, 0.25) is 0 Å². The summed E-state index contributed by atoms with van der Waals surface area (Å²) in [4.78, 5) is 4.71. The van der Waals surface area contributed by atoms with Crippen molar-refractivity contribution in [1.29, 1.82) is 0 Å². The van der Waals surface area contributed by atoms with Crippen LogP contribution in [0.1, 0.15) is 11.1 Å². The summed E-state index contributed by atoms with van der Waals surface area (Å²) < 4.78 is 0. The van der Waals surface area contributed by atoms with Gasteiger partial charge < -0.3 is 9.80 Å². The van der Waals surface area contributed by atoms with Gasteiger partial charge in [-0.25, -0.2) is 0 Å². The number of fused-ring (bicyclic) bond motifs is 2. The van der Waals surface area contributed by atoms with Gasteiger partial charge in [0.1, 0.15) is 0 Å². The molecule has 45 heavy (non-hydrogen) atoms. The van der Waals surface area contributed by atoms with Crippen LogP contribution in [0.4, 0.5) is 34.1 Å². The molecule has 0 atom stereocenters. The standard InChI is InChI=1S/C43H32N2/c1-4-12-32(13-5-1)33-20-25-40(26-21-33)44(38-15-6-2-7-16-38)41-27-22-34(23-28-41)35-24-29-43-37(30-35)31-36-14-10-11-19-42(36)45(43)39-17-8-3-9-18-39/h1-30H,31H2. The van der Waals surface area contributed by atoms with Gasteiger partial charge in [0.2, 0.25) is 0 Å². The summed E-state index contributed by atoms with van der Waals surface area (Å²) in [6.45, 7) is 0. The van der Waals surface area contributed by atoms with Crippen LogP contribution in [0, 0.1) is 0 Å². The SMILES string of the molecule is c1ccc(-c2ccc(N(c3ccccc3)c3ccc(-c4ccc5c(c4)Cc4ccccc4N5c4ccccc4)cc3)cc2)cc1.